The summed E-state index contributed by atoms with van der Waals surface area (Å²) in [6, 6.07) is 12.5. The highest BCUT2D eigenvalue weighted by atomic mass is 19.4. The second-order valence-electron chi connectivity index (χ2n) is 7.03. The van der Waals surface area contributed by atoms with Crippen LogP contribution >= 0.6 is 0 Å². The summed E-state index contributed by atoms with van der Waals surface area (Å²) in [4.78, 5) is 19.8. The Kier molecular flexibility index (Phi) is 6.29. The minimum atomic E-state index is -5.06. The molecule has 0 aliphatic heterocycles. The molecular formula is C23H12F7N3O2. The summed E-state index contributed by atoms with van der Waals surface area (Å²) in [7, 11) is 0. The van der Waals surface area contributed by atoms with Crippen LogP contribution in [-0.4, -0.2) is 27.9 Å². The number of imidazole rings is 1. The lowest BCUT2D eigenvalue weighted by molar-refractivity contribution is -0.137. The second kappa shape index (κ2) is 9.20. The highest BCUT2D eigenvalue weighted by molar-refractivity contribution is 6.09. The highest BCUT2D eigenvalue weighted by Crippen LogP contribution is 2.42. The van der Waals surface area contributed by atoms with E-state index in [1.54, 1.807) is 18.2 Å². The number of rotatable bonds is 5. The molecule has 35 heavy (non-hydrogen) atoms. The first-order valence-electron chi connectivity index (χ1n) is 9.73. The van der Waals surface area contributed by atoms with E-state index in [-0.39, 0.29) is 16.8 Å². The summed E-state index contributed by atoms with van der Waals surface area (Å²) < 4.78 is 99.1. The number of ketones is 1. The molecule has 0 unspecified atom stereocenters. The van der Waals surface area contributed by atoms with E-state index in [1.807, 2.05) is 0 Å². The Bertz CT molecular complexity index is 1430. The first-order chi connectivity index (χ1) is 16.6. The maximum Gasteiger partial charge on any atom is 0.417 e. The molecule has 0 radical (unpaired) electrons. The number of pyridine rings is 1. The quantitative estimate of drug-likeness (QED) is 0.136. The normalized spacial score (nSPS) is 12.4. The zero-order chi connectivity index (χ0) is 25.3. The summed E-state index contributed by atoms with van der Waals surface area (Å²) in [6.07, 6.45) is -6.09. The first kappa shape index (κ1) is 23.9. The molecule has 4 aromatic rings. The molecule has 2 aromatic carbocycles. The van der Waals surface area contributed by atoms with Gasteiger partial charge in [0.05, 0.1) is 11.1 Å². The molecule has 0 saturated heterocycles. The molecule has 0 bridgehead atoms. The number of hydrogen-bond donors (Lipinski definition) is 0. The average molecular weight is 495 g/mol. The minimum absolute atomic E-state index is 0.0212. The van der Waals surface area contributed by atoms with Crippen molar-refractivity contribution in [2.45, 2.75) is 12.8 Å². The smallest absolute Gasteiger partial charge is 0.393 e. The van der Waals surface area contributed by atoms with Gasteiger partial charge in [-0.2, -0.15) is 26.9 Å². The number of aromatic nitrogens is 2. The van der Waals surface area contributed by atoms with Gasteiger partial charge < -0.3 is 4.74 Å². The molecule has 4 rings (SSSR count). The van der Waals surface area contributed by atoms with Gasteiger partial charge in [0.2, 0.25) is 0 Å². The fourth-order valence-corrected chi connectivity index (χ4v) is 3.42. The standard InChI is InChI=1S/C23H12F7N3O2/c24-15-8-4-7-14(23(28,29)30)17(15)18-20(32-22(27)35-21(25)26)31-16-10-9-13(11-33(16)18)19(34)12-5-2-1-3-6-12/h1-11,21H/b32-22-. The van der Waals surface area contributed by atoms with Gasteiger partial charge in [0, 0.05) is 17.3 Å². The van der Waals surface area contributed by atoms with Crippen molar-refractivity contribution >= 4 is 23.4 Å². The molecule has 0 amide bonds. The SMILES string of the molecule is O=C(c1ccccc1)c1ccc2nc(/N=C(/F)OC(F)F)c(-c3c(F)cccc3C(F)(F)F)n2c1. The molecule has 0 spiro atoms. The van der Waals surface area contributed by atoms with Crippen LogP contribution in [0.2, 0.25) is 0 Å². The summed E-state index contributed by atoms with van der Waals surface area (Å²) >= 11 is 0. The summed E-state index contributed by atoms with van der Waals surface area (Å²) in [5.41, 5.74) is -3.17. The van der Waals surface area contributed by atoms with Crippen molar-refractivity contribution in [3.8, 4) is 11.3 Å². The van der Waals surface area contributed by atoms with E-state index in [0.29, 0.717) is 6.07 Å². The van der Waals surface area contributed by atoms with E-state index in [4.69, 9.17) is 0 Å². The maximum absolute atomic E-state index is 14.8. The lowest BCUT2D eigenvalue weighted by Crippen LogP contribution is -2.10. The maximum atomic E-state index is 14.8. The van der Waals surface area contributed by atoms with Gasteiger partial charge in [-0.15, -0.1) is 4.39 Å². The van der Waals surface area contributed by atoms with Crippen molar-refractivity contribution in [1.29, 1.82) is 0 Å². The molecule has 0 aliphatic rings. The minimum Gasteiger partial charge on any atom is -0.393 e. The van der Waals surface area contributed by atoms with E-state index >= 15 is 0 Å². The van der Waals surface area contributed by atoms with E-state index in [9.17, 15) is 35.5 Å². The van der Waals surface area contributed by atoms with Gasteiger partial charge in [0.25, 0.3) is 0 Å². The summed E-state index contributed by atoms with van der Waals surface area (Å²) in [5, 5.41) is 0. The van der Waals surface area contributed by atoms with Gasteiger partial charge in [-0.1, -0.05) is 36.4 Å². The predicted molar refractivity (Wildman–Crippen MR) is 111 cm³/mol. The Morgan fingerprint density at radius 3 is 2.34 bits per heavy atom. The van der Waals surface area contributed by atoms with Crippen LogP contribution in [0.5, 0.6) is 0 Å². The molecule has 0 N–H and O–H groups in total. The second-order valence-corrected chi connectivity index (χ2v) is 7.03. The van der Waals surface area contributed by atoms with Gasteiger partial charge >= 0.3 is 18.9 Å². The van der Waals surface area contributed by atoms with Crippen LogP contribution in [0.4, 0.5) is 36.6 Å². The van der Waals surface area contributed by atoms with Crippen molar-refractivity contribution in [2.75, 3.05) is 0 Å². The van der Waals surface area contributed by atoms with Crippen LogP contribution in [0.3, 0.4) is 0 Å². The van der Waals surface area contributed by atoms with Gasteiger partial charge in [-0.3, -0.25) is 9.20 Å². The number of aliphatic imine (C=N–C) groups is 1. The Hall–Kier alpha value is -4.22. The molecule has 180 valence electrons. The largest absolute Gasteiger partial charge is 0.417 e. The van der Waals surface area contributed by atoms with E-state index in [2.05, 4.69) is 14.7 Å². The fraction of sp³-hybridized carbons (Fsp3) is 0.0870. The number of ether oxygens (including phenoxy) is 1. The third-order valence-corrected chi connectivity index (χ3v) is 4.83. The third kappa shape index (κ3) is 4.86. The van der Waals surface area contributed by atoms with Crippen LogP contribution in [0.1, 0.15) is 21.5 Å². The summed E-state index contributed by atoms with van der Waals surface area (Å²) in [6.45, 7) is -3.62. The Morgan fingerprint density at radius 1 is 0.971 bits per heavy atom. The number of halogens is 7. The Morgan fingerprint density at radius 2 is 1.69 bits per heavy atom. The Balaban J connectivity index is 2.01. The van der Waals surface area contributed by atoms with Crippen LogP contribution < -0.4 is 0 Å². The predicted octanol–water partition coefficient (Wildman–Crippen LogP) is 6.59. The molecule has 0 saturated carbocycles. The number of hydrogen-bond acceptors (Lipinski definition) is 4. The molecular weight excluding hydrogens is 483 g/mol. The lowest BCUT2D eigenvalue weighted by Gasteiger charge is -2.14. The fourth-order valence-electron chi connectivity index (χ4n) is 3.42. The van der Waals surface area contributed by atoms with Crippen LogP contribution in [-0.2, 0) is 10.9 Å². The molecule has 2 heterocycles. The molecule has 5 nitrogen and oxygen atoms in total. The van der Waals surface area contributed by atoms with E-state index in [0.717, 1.165) is 22.7 Å². The van der Waals surface area contributed by atoms with Crippen LogP contribution in [0.15, 0.2) is 71.9 Å². The van der Waals surface area contributed by atoms with Crippen molar-refractivity contribution in [3.05, 3.63) is 89.4 Å². The zero-order valence-corrected chi connectivity index (χ0v) is 17.2. The monoisotopic (exact) mass is 495 g/mol. The van der Waals surface area contributed by atoms with Crippen molar-refractivity contribution in [3.63, 3.8) is 0 Å². The van der Waals surface area contributed by atoms with Gasteiger partial charge in [-0.05, 0) is 24.3 Å². The average Bonchev–Trinajstić information content (AvgIpc) is 3.14. The van der Waals surface area contributed by atoms with E-state index < -0.39 is 53.2 Å². The zero-order valence-electron chi connectivity index (χ0n) is 17.2. The van der Waals surface area contributed by atoms with Crippen molar-refractivity contribution < 1.29 is 40.3 Å². The number of alkyl halides is 5. The van der Waals surface area contributed by atoms with Crippen molar-refractivity contribution in [1.82, 2.24) is 9.38 Å². The first-order valence-corrected chi connectivity index (χ1v) is 9.73. The van der Waals surface area contributed by atoms with Crippen LogP contribution in [0.25, 0.3) is 16.9 Å². The molecule has 0 atom stereocenters. The number of fused-ring (bicyclic) bond motifs is 1. The van der Waals surface area contributed by atoms with Gasteiger partial charge in [0.15, 0.2) is 11.6 Å². The van der Waals surface area contributed by atoms with E-state index in [1.165, 1.54) is 24.3 Å². The van der Waals surface area contributed by atoms with Crippen molar-refractivity contribution in [2.24, 2.45) is 4.99 Å². The molecule has 0 aliphatic carbocycles. The number of benzene rings is 2. The summed E-state index contributed by atoms with van der Waals surface area (Å²) in [5.74, 6) is -2.76. The third-order valence-electron chi connectivity index (χ3n) is 4.83. The highest BCUT2D eigenvalue weighted by Gasteiger charge is 2.37. The number of carbonyl (C=O) groups is 1. The van der Waals surface area contributed by atoms with Gasteiger partial charge in [0.1, 0.15) is 17.2 Å². The molecule has 0 fully saturated rings. The lowest BCUT2D eigenvalue weighted by atomic mass is 10.0. The number of carbonyl (C=O) groups excluding carboxylic acids is 1. The topological polar surface area (TPSA) is 56.0 Å². The molecule has 2 aromatic heterocycles. The number of nitrogens with zero attached hydrogens (tertiary/aromatic N) is 3. The van der Waals surface area contributed by atoms with Crippen LogP contribution in [0, 0.1) is 5.82 Å². The Labute approximate surface area is 192 Å². The molecule has 12 heteroatoms. The van der Waals surface area contributed by atoms with Gasteiger partial charge in [-0.25, -0.2) is 9.37 Å².